The molecule has 1 saturated carbocycles. The molecule has 1 aliphatic heterocycles. The first kappa shape index (κ1) is 26.1. The number of aliphatic hydroxyl groups is 1. The second-order valence-electron chi connectivity index (χ2n) is 10.1. The second kappa shape index (κ2) is 12.3. The molecular formula is C27H37FN2O4S. The van der Waals surface area contributed by atoms with E-state index < -0.39 is 6.10 Å². The highest BCUT2D eigenvalue weighted by atomic mass is 32.1. The SMILES string of the molecule is CC(C)COC[C@H](O)CN(CC(=O)N1CCc2sccc2[C@@H]1COc1ccc(F)cc1)CC1CC1. The number of amides is 1. The summed E-state index contributed by atoms with van der Waals surface area (Å²) in [6.07, 6.45) is 2.57. The number of fused-ring (bicyclic) bond motifs is 1. The van der Waals surface area contributed by atoms with Gasteiger partial charge in [0, 0.05) is 31.1 Å². The van der Waals surface area contributed by atoms with Crippen LogP contribution in [0.4, 0.5) is 4.39 Å². The van der Waals surface area contributed by atoms with Crippen molar-refractivity contribution < 1.29 is 23.8 Å². The lowest BCUT2D eigenvalue weighted by Gasteiger charge is -2.37. The summed E-state index contributed by atoms with van der Waals surface area (Å²) in [5.74, 6) is 1.35. The predicted octanol–water partition coefficient (Wildman–Crippen LogP) is 4.14. The van der Waals surface area contributed by atoms with Crippen molar-refractivity contribution in [3.05, 3.63) is 52.0 Å². The first-order valence-electron chi connectivity index (χ1n) is 12.6. The Bertz CT molecular complexity index is 947. The summed E-state index contributed by atoms with van der Waals surface area (Å²) < 4.78 is 24.9. The third-order valence-electron chi connectivity index (χ3n) is 6.44. The van der Waals surface area contributed by atoms with E-state index in [1.54, 1.807) is 23.5 Å². The summed E-state index contributed by atoms with van der Waals surface area (Å²) in [6, 6.07) is 7.86. The lowest BCUT2D eigenvalue weighted by atomic mass is 10.0. The summed E-state index contributed by atoms with van der Waals surface area (Å²) in [5, 5.41) is 12.6. The van der Waals surface area contributed by atoms with Crippen LogP contribution in [0.25, 0.3) is 0 Å². The van der Waals surface area contributed by atoms with Crippen molar-refractivity contribution in [2.45, 2.75) is 45.3 Å². The Morgan fingerprint density at radius 2 is 2.00 bits per heavy atom. The van der Waals surface area contributed by atoms with Crippen LogP contribution in [0.2, 0.25) is 0 Å². The fraction of sp³-hybridized carbons (Fsp3) is 0.593. The van der Waals surface area contributed by atoms with Crippen molar-refractivity contribution in [3.63, 3.8) is 0 Å². The molecule has 0 radical (unpaired) electrons. The maximum atomic E-state index is 13.6. The molecule has 1 aromatic carbocycles. The van der Waals surface area contributed by atoms with E-state index in [-0.39, 0.29) is 30.9 Å². The van der Waals surface area contributed by atoms with Gasteiger partial charge in [0.15, 0.2) is 0 Å². The number of thiophene rings is 1. The smallest absolute Gasteiger partial charge is 0.237 e. The zero-order chi connectivity index (χ0) is 24.8. The molecule has 1 N–H and O–H groups in total. The minimum atomic E-state index is -0.622. The van der Waals surface area contributed by atoms with E-state index in [1.165, 1.54) is 29.9 Å². The quantitative estimate of drug-likeness (QED) is 0.444. The Balaban J connectivity index is 1.40. The number of nitrogens with zero attached hydrogens (tertiary/aromatic N) is 2. The molecule has 35 heavy (non-hydrogen) atoms. The molecule has 0 saturated heterocycles. The van der Waals surface area contributed by atoms with Crippen LogP contribution >= 0.6 is 11.3 Å². The van der Waals surface area contributed by atoms with Crippen molar-refractivity contribution >= 4 is 17.2 Å². The molecule has 2 aliphatic rings. The van der Waals surface area contributed by atoms with Gasteiger partial charge in [-0.1, -0.05) is 13.8 Å². The molecule has 2 atom stereocenters. The average molecular weight is 505 g/mol. The van der Waals surface area contributed by atoms with Crippen LogP contribution in [0.15, 0.2) is 35.7 Å². The number of carbonyl (C=O) groups excluding carboxylic acids is 1. The molecule has 1 amide bonds. The lowest BCUT2D eigenvalue weighted by molar-refractivity contribution is -0.136. The third-order valence-corrected chi connectivity index (χ3v) is 7.44. The minimum Gasteiger partial charge on any atom is -0.491 e. The molecule has 1 aliphatic carbocycles. The molecular weight excluding hydrogens is 467 g/mol. The third kappa shape index (κ3) is 7.74. The van der Waals surface area contributed by atoms with E-state index in [0.717, 1.165) is 18.5 Å². The van der Waals surface area contributed by atoms with Crippen LogP contribution in [0.5, 0.6) is 5.75 Å². The summed E-state index contributed by atoms with van der Waals surface area (Å²) in [4.78, 5) is 18.9. The van der Waals surface area contributed by atoms with Crippen LogP contribution in [-0.2, 0) is 16.0 Å². The van der Waals surface area contributed by atoms with Crippen molar-refractivity contribution in [2.75, 3.05) is 46.0 Å². The van der Waals surface area contributed by atoms with E-state index in [2.05, 4.69) is 30.2 Å². The topological polar surface area (TPSA) is 62.2 Å². The Morgan fingerprint density at radius 1 is 1.23 bits per heavy atom. The molecule has 0 spiro atoms. The fourth-order valence-corrected chi connectivity index (χ4v) is 5.45. The summed E-state index contributed by atoms with van der Waals surface area (Å²) in [7, 11) is 0. The molecule has 1 aromatic heterocycles. The van der Waals surface area contributed by atoms with Gasteiger partial charge in [0.1, 0.15) is 18.2 Å². The Morgan fingerprint density at radius 3 is 2.71 bits per heavy atom. The number of aliphatic hydroxyl groups excluding tert-OH is 1. The van der Waals surface area contributed by atoms with Crippen molar-refractivity contribution in [3.8, 4) is 5.75 Å². The molecule has 0 unspecified atom stereocenters. The first-order valence-corrected chi connectivity index (χ1v) is 13.5. The number of halogens is 1. The fourth-order valence-electron chi connectivity index (χ4n) is 4.52. The molecule has 6 nitrogen and oxygen atoms in total. The number of hydrogen-bond donors (Lipinski definition) is 1. The highest BCUT2D eigenvalue weighted by Crippen LogP contribution is 2.34. The van der Waals surface area contributed by atoms with Crippen LogP contribution in [-0.4, -0.2) is 72.9 Å². The molecule has 8 heteroatoms. The average Bonchev–Trinajstić information content (AvgIpc) is 3.49. The highest BCUT2D eigenvalue weighted by molar-refractivity contribution is 7.10. The monoisotopic (exact) mass is 504 g/mol. The molecule has 0 bridgehead atoms. The first-order chi connectivity index (χ1) is 16.9. The van der Waals surface area contributed by atoms with Gasteiger partial charge in [0.25, 0.3) is 0 Å². The van der Waals surface area contributed by atoms with Crippen LogP contribution in [0, 0.1) is 17.7 Å². The van der Waals surface area contributed by atoms with Gasteiger partial charge in [0.2, 0.25) is 5.91 Å². The van der Waals surface area contributed by atoms with Gasteiger partial charge < -0.3 is 19.5 Å². The molecule has 192 valence electrons. The van der Waals surface area contributed by atoms with Gasteiger partial charge in [-0.05, 0) is 72.4 Å². The van der Waals surface area contributed by atoms with Gasteiger partial charge >= 0.3 is 0 Å². The van der Waals surface area contributed by atoms with Crippen LogP contribution in [0.1, 0.15) is 43.2 Å². The Labute approximate surface area is 211 Å². The van der Waals surface area contributed by atoms with Crippen LogP contribution in [0.3, 0.4) is 0 Å². The largest absolute Gasteiger partial charge is 0.491 e. The van der Waals surface area contributed by atoms with Crippen molar-refractivity contribution in [1.29, 1.82) is 0 Å². The zero-order valence-corrected chi connectivity index (χ0v) is 21.5. The highest BCUT2D eigenvalue weighted by Gasteiger charge is 2.34. The van der Waals surface area contributed by atoms with E-state index >= 15 is 0 Å². The van der Waals surface area contributed by atoms with Gasteiger partial charge in [-0.2, -0.15) is 0 Å². The van der Waals surface area contributed by atoms with Gasteiger partial charge in [0.05, 0.1) is 25.3 Å². The molecule has 2 heterocycles. The normalized spacial score (nSPS) is 18.7. The predicted molar refractivity (Wildman–Crippen MR) is 135 cm³/mol. The maximum Gasteiger partial charge on any atom is 0.237 e. The number of ether oxygens (including phenoxy) is 2. The number of hydrogen-bond acceptors (Lipinski definition) is 6. The molecule has 1 fully saturated rings. The Hall–Kier alpha value is -2.00. The van der Waals surface area contributed by atoms with E-state index in [0.29, 0.717) is 43.9 Å². The maximum absolute atomic E-state index is 13.6. The zero-order valence-electron chi connectivity index (χ0n) is 20.7. The van der Waals surface area contributed by atoms with Gasteiger partial charge in [-0.15, -0.1) is 11.3 Å². The summed E-state index contributed by atoms with van der Waals surface area (Å²) >= 11 is 1.71. The van der Waals surface area contributed by atoms with Crippen molar-refractivity contribution in [1.82, 2.24) is 9.80 Å². The van der Waals surface area contributed by atoms with Crippen molar-refractivity contribution in [2.24, 2.45) is 11.8 Å². The molecule has 2 aromatic rings. The van der Waals surface area contributed by atoms with E-state index in [1.807, 2.05) is 4.90 Å². The van der Waals surface area contributed by atoms with Gasteiger partial charge in [-0.25, -0.2) is 4.39 Å². The summed E-state index contributed by atoms with van der Waals surface area (Å²) in [5.41, 5.74) is 1.13. The Kier molecular flexibility index (Phi) is 9.16. The minimum absolute atomic E-state index is 0.0468. The number of carbonyl (C=O) groups is 1. The van der Waals surface area contributed by atoms with Crippen LogP contribution < -0.4 is 4.74 Å². The van der Waals surface area contributed by atoms with E-state index in [9.17, 15) is 14.3 Å². The lowest BCUT2D eigenvalue weighted by Crippen LogP contribution is -2.48. The van der Waals surface area contributed by atoms with Gasteiger partial charge in [-0.3, -0.25) is 9.69 Å². The second-order valence-corrected chi connectivity index (χ2v) is 11.1. The standard InChI is InChI=1S/C27H37FN2O4S/c1-19(2)16-33-17-22(31)14-29(13-20-3-4-20)15-27(32)30-11-9-26-24(10-12-35-26)25(30)18-34-23-7-5-21(28)6-8-23/h5-8,10,12,19-20,22,25,31H,3-4,9,11,13-18H2,1-2H3/t22-,25+/m1/s1. The summed E-state index contributed by atoms with van der Waals surface area (Å²) in [6.45, 7) is 7.53. The number of rotatable bonds is 13. The molecule has 4 rings (SSSR count). The van der Waals surface area contributed by atoms with E-state index in [4.69, 9.17) is 9.47 Å². The number of benzene rings is 1.